The van der Waals surface area contributed by atoms with Gasteiger partial charge in [0.15, 0.2) is 5.42 Å². The standard InChI is InChI=1S/C24H22BN2O/c1-17-24-21(20-11-7-8-12-22(20)28-24)16-25(2)27(17)23-15-19(13-14-26(23)3)18-9-5-4-6-10-18/h4-16H,1-3H3/q+1. The van der Waals surface area contributed by atoms with Gasteiger partial charge in [-0.1, -0.05) is 54.5 Å². The molecule has 2 aromatic carbocycles. The molecule has 136 valence electrons. The third-order valence-corrected chi connectivity index (χ3v) is 5.62. The normalized spacial score (nSPS) is 13.6. The molecule has 0 saturated heterocycles. The van der Waals surface area contributed by atoms with Crippen molar-refractivity contribution in [3.63, 3.8) is 0 Å². The Kier molecular flexibility index (Phi) is 3.87. The van der Waals surface area contributed by atoms with Gasteiger partial charge in [0.1, 0.15) is 11.3 Å². The van der Waals surface area contributed by atoms with Crippen molar-refractivity contribution in [3.05, 3.63) is 83.6 Å². The number of hydrogen-bond acceptors (Lipinski definition) is 2. The Morgan fingerprint density at radius 1 is 0.929 bits per heavy atom. The summed E-state index contributed by atoms with van der Waals surface area (Å²) in [6.07, 6.45) is 2.13. The van der Waals surface area contributed by atoms with Crippen molar-refractivity contribution in [1.82, 2.24) is 0 Å². The van der Waals surface area contributed by atoms with Crippen LogP contribution in [0.3, 0.4) is 0 Å². The maximum Gasteiger partial charge on any atom is 0.402 e. The molecule has 3 heterocycles. The number of furan rings is 1. The van der Waals surface area contributed by atoms with Crippen LogP contribution in [0.15, 0.2) is 77.3 Å². The molecule has 0 unspecified atom stereocenters. The third kappa shape index (κ3) is 2.56. The van der Waals surface area contributed by atoms with E-state index in [1.54, 1.807) is 0 Å². The molecule has 2 aromatic heterocycles. The number of para-hydroxylation sites is 1. The molecule has 3 nitrogen and oxygen atoms in total. The zero-order valence-corrected chi connectivity index (χ0v) is 16.4. The van der Waals surface area contributed by atoms with Crippen molar-refractivity contribution < 1.29 is 8.98 Å². The largest absolute Gasteiger partial charge is 0.452 e. The lowest BCUT2D eigenvalue weighted by molar-refractivity contribution is -0.657. The number of hydrogen-bond donors (Lipinski definition) is 0. The minimum Gasteiger partial charge on any atom is -0.452 e. The van der Waals surface area contributed by atoms with Crippen molar-refractivity contribution in [2.75, 3.05) is 4.81 Å². The summed E-state index contributed by atoms with van der Waals surface area (Å²) in [6.45, 7) is 4.62. The monoisotopic (exact) mass is 365 g/mol. The third-order valence-electron chi connectivity index (χ3n) is 5.62. The van der Waals surface area contributed by atoms with Gasteiger partial charge < -0.3 is 4.42 Å². The SMILES string of the molecule is CB1C=c2c(oc3ccccc23)=C(C)N1c1cc(-c2ccccc2)cc[n+]1C. The highest BCUT2D eigenvalue weighted by atomic mass is 16.3. The van der Waals surface area contributed by atoms with E-state index in [9.17, 15) is 0 Å². The van der Waals surface area contributed by atoms with Crippen LogP contribution in [0.5, 0.6) is 0 Å². The summed E-state index contributed by atoms with van der Waals surface area (Å²) in [5, 5.41) is 2.39. The molecule has 0 saturated carbocycles. The van der Waals surface area contributed by atoms with Crippen LogP contribution in [-0.2, 0) is 7.05 Å². The molecule has 0 aliphatic carbocycles. The van der Waals surface area contributed by atoms with E-state index in [-0.39, 0.29) is 6.85 Å². The molecule has 0 bridgehead atoms. The van der Waals surface area contributed by atoms with E-state index in [1.165, 1.54) is 21.7 Å². The molecule has 5 rings (SSSR count). The van der Waals surface area contributed by atoms with Gasteiger partial charge >= 0.3 is 6.85 Å². The first-order valence-electron chi connectivity index (χ1n) is 9.68. The van der Waals surface area contributed by atoms with Crippen LogP contribution in [-0.4, -0.2) is 6.85 Å². The van der Waals surface area contributed by atoms with Crippen molar-refractivity contribution >= 4 is 35.3 Å². The summed E-state index contributed by atoms with van der Waals surface area (Å²) >= 11 is 0. The second-order valence-corrected chi connectivity index (χ2v) is 7.45. The Labute approximate surface area is 164 Å². The van der Waals surface area contributed by atoms with Crippen LogP contribution < -0.4 is 20.0 Å². The van der Waals surface area contributed by atoms with Crippen LogP contribution in [0.25, 0.3) is 33.8 Å². The molecular weight excluding hydrogens is 343 g/mol. The van der Waals surface area contributed by atoms with Crippen LogP contribution in [0, 0.1) is 0 Å². The lowest BCUT2D eigenvalue weighted by atomic mass is 9.60. The molecule has 0 spiro atoms. The van der Waals surface area contributed by atoms with E-state index >= 15 is 0 Å². The lowest BCUT2D eigenvalue weighted by Gasteiger charge is -2.23. The van der Waals surface area contributed by atoms with Gasteiger partial charge in [-0.15, -0.1) is 0 Å². The Hall–Kier alpha value is -3.27. The maximum absolute atomic E-state index is 6.24. The number of pyridine rings is 1. The summed E-state index contributed by atoms with van der Waals surface area (Å²) in [6, 6.07) is 23.2. The molecule has 1 aliphatic heterocycles. The zero-order chi connectivity index (χ0) is 19.3. The fourth-order valence-electron chi connectivity index (χ4n) is 4.22. The lowest BCUT2D eigenvalue weighted by Crippen LogP contribution is -2.50. The second-order valence-electron chi connectivity index (χ2n) is 7.45. The van der Waals surface area contributed by atoms with Gasteiger partial charge in [-0.3, -0.25) is 4.81 Å². The average molecular weight is 365 g/mol. The minimum atomic E-state index is 0.228. The molecule has 1 aliphatic rings. The molecule has 0 atom stereocenters. The first-order chi connectivity index (χ1) is 13.6. The molecule has 4 aromatic rings. The predicted molar refractivity (Wildman–Crippen MR) is 116 cm³/mol. The van der Waals surface area contributed by atoms with Crippen LogP contribution >= 0.6 is 0 Å². The molecule has 0 N–H and O–H groups in total. The number of benzene rings is 2. The van der Waals surface area contributed by atoms with Gasteiger partial charge in [-0.25, -0.2) is 4.57 Å². The molecule has 28 heavy (non-hydrogen) atoms. The number of nitrogens with zero attached hydrogens (tertiary/aromatic N) is 2. The summed E-state index contributed by atoms with van der Waals surface area (Å²) in [7, 11) is 2.10. The Morgan fingerprint density at radius 3 is 2.50 bits per heavy atom. The van der Waals surface area contributed by atoms with E-state index in [0.717, 1.165) is 22.5 Å². The fourth-order valence-corrected chi connectivity index (χ4v) is 4.22. The van der Waals surface area contributed by atoms with Gasteiger partial charge in [-0.05, 0) is 37.0 Å². The van der Waals surface area contributed by atoms with Crippen molar-refractivity contribution in [3.8, 4) is 11.1 Å². The summed E-state index contributed by atoms with van der Waals surface area (Å²) in [5.74, 6) is 3.46. The number of aryl methyl sites for hydroxylation is 1. The molecule has 0 radical (unpaired) electrons. The van der Waals surface area contributed by atoms with Gasteiger partial charge in [0.25, 0.3) is 5.82 Å². The average Bonchev–Trinajstić information content (AvgIpc) is 3.09. The summed E-state index contributed by atoms with van der Waals surface area (Å²) in [5.41, 5.74) is 5.48. The highest BCUT2D eigenvalue weighted by Crippen LogP contribution is 2.26. The van der Waals surface area contributed by atoms with Crippen LogP contribution in [0.2, 0.25) is 6.82 Å². The van der Waals surface area contributed by atoms with Gasteiger partial charge in [0, 0.05) is 16.7 Å². The van der Waals surface area contributed by atoms with Crippen molar-refractivity contribution in [1.29, 1.82) is 0 Å². The number of aromatic nitrogens is 1. The zero-order valence-electron chi connectivity index (χ0n) is 16.4. The van der Waals surface area contributed by atoms with E-state index in [0.29, 0.717) is 0 Å². The number of rotatable bonds is 2. The Morgan fingerprint density at radius 2 is 1.68 bits per heavy atom. The molecule has 0 amide bonds. The fraction of sp³-hybridized carbons (Fsp3) is 0.125. The van der Waals surface area contributed by atoms with Crippen LogP contribution in [0.1, 0.15) is 6.92 Å². The first kappa shape index (κ1) is 16.9. The first-order valence-corrected chi connectivity index (χ1v) is 9.68. The van der Waals surface area contributed by atoms with Crippen molar-refractivity contribution in [2.45, 2.75) is 13.7 Å². The molecular formula is C24H22BN2O+. The molecule has 4 heteroatoms. The van der Waals surface area contributed by atoms with Crippen LogP contribution in [0.4, 0.5) is 5.82 Å². The van der Waals surface area contributed by atoms with E-state index in [4.69, 9.17) is 4.42 Å². The predicted octanol–water partition coefficient (Wildman–Crippen LogP) is 3.51. The smallest absolute Gasteiger partial charge is 0.402 e. The highest BCUT2D eigenvalue weighted by Gasteiger charge is 2.33. The second kappa shape index (κ2) is 6.41. The topological polar surface area (TPSA) is 20.3 Å². The number of anilines is 1. The Bertz CT molecular complexity index is 1310. The molecule has 0 fully saturated rings. The van der Waals surface area contributed by atoms with E-state index in [1.807, 2.05) is 12.1 Å². The van der Waals surface area contributed by atoms with Crippen molar-refractivity contribution in [2.24, 2.45) is 7.05 Å². The Balaban J connectivity index is 1.72. The highest BCUT2D eigenvalue weighted by molar-refractivity contribution is 6.77. The quantitative estimate of drug-likeness (QED) is 0.400. The van der Waals surface area contributed by atoms with Gasteiger partial charge in [0.2, 0.25) is 0 Å². The maximum atomic E-state index is 6.24. The summed E-state index contributed by atoms with van der Waals surface area (Å²) < 4.78 is 8.41. The van der Waals surface area contributed by atoms with Gasteiger partial charge in [0.05, 0.1) is 13.2 Å². The number of fused-ring (bicyclic) bond motifs is 3. The van der Waals surface area contributed by atoms with E-state index < -0.39 is 0 Å². The minimum absolute atomic E-state index is 0.228. The van der Waals surface area contributed by atoms with E-state index in [2.05, 4.69) is 96.9 Å². The van der Waals surface area contributed by atoms with Gasteiger partial charge in [-0.2, -0.15) is 0 Å². The summed E-state index contributed by atoms with van der Waals surface area (Å²) in [4.78, 5) is 2.36.